The number of benzene rings is 1. The van der Waals surface area contributed by atoms with Crippen LogP contribution in [0.2, 0.25) is 0 Å². The van der Waals surface area contributed by atoms with Gasteiger partial charge in [-0.05, 0) is 37.0 Å². The minimum atomic E-state index is -0.432. The Hall–Kier alpha value is -1.06. The molecule has 0 spiro atoms. The smallest absolute Gasteiger partial charge is 0.119 e. The third-order valence-corrected chi connectivity index (χ3v) is 2.70. The van der Waals surface area contributed by atoms with Gasteiger partial charge >= 0.3 is 0 Å². The molecule has 0 aliphatic carbocycles. The number of aliphatic hydroxyl groups excluding tert-OH is 1. The molecule has 1 aromatic carbocycles. The van der Waals surface area contributed by atoms with Gasteiger partial charge in [0.05, 0.1) is 12.7 Å². The maximum atomic E-state index is 9.37. The Morgan fingerprint density at radius 1 is 1.00 bits per heavy atom. The van der Waals surface area contributed by atoms with Crippen LogP contribution in [-0.4, -0.2) is 24.9 Å². The van der Waals surface area contributed by atoms with Gasteiger partial charge in [-0.2, -0.15) is 0 Å². The number of aliphatic hydroxyl groups is 1. The second-order valence-corrected chi connectivity index (χ2v) is 4.89. The molecule has 0 heterocycles. The standard InChI is InChI=1S/C15H24O3/c1-12(2)8-9-17-10-11-18-15-6-4-14(5-7-15)13(3)16/h4-7,12-13,16H,8-11H2,1-3H3/t13-/m1/s1. The first kappa shape index (κ1) is 15.0. The number of ether oxygens (including phenoxy) is 2. The fourth-order valence-electron chi connectivity index (χ4n) is 1.48. The molecule has 3 heteroatoms. The first-order chi connectivity index (χ1) is 8.59. The molecule has 0 saturated carbocycles. The maximum absolute atomic E-state index is 9.37. The van der Waals surface area contributed by atoms with Gasteiger partial charge in [-0.15, -0.1) is 0 Å². The highest BCUT2D eigenvalue weighted by atomic mass is 16.5. The van der Waals surface area contributed by atoms with E-state index in [0.717, 1.165) is 24.3 Å². The molecule has 18 heavy (non-hydrogen) atoms. The van der Waals surface area contributed by atoms with Crippen LogP contribution in [0.3, 0.4) is 0 Å². The van der Waals surface area contributed by atoms with Crippen molar-refractivity contribution in [1.29, 1.82) is 0 Å². The van der Waals surface area contributed by atoms with E-state index < -0.39 is 6.10 Å². The monoisotopic (exact) mass is 252 g/mol. The van der Waals surface area contributed by atoms with Crippen LogP contribution in [-0.2, 0) is 4.74 Å². The molecule has 0 aliphatic rings. The summed E-state index contributed by atoms with van der Waals surface area (Å²) in [5, 5.41) is 9.37. The average Bonchev–Trinajstić information content (AvgIpc) is 2.34. The minimum absolute atomic E-state index is 0.432. The topological polar surface area (TPSA) is 38.7 Å². The van der Waals surface area contributed by atoms with Crippen molar-refractivity contribution in [3.63, 3.8) is 0 Å². The molecule has 0 unspecified atom stereocenters. The molecule has 1 aromatic rings. The van der Waals surface area contributed by atoms with Gasteiger partial charge in [0.1, 0.15) is 12.4 Å². The van der Waals surface area contributed by atoms with Gasteiger partial charge < -0.3 is 14.6 Å². The predicted octanol–water partition coefficient (Wildman–Crippen LogP) is 3.18. The van der Waals surface area contributed by atoms with Crippen molar-refractivity contribution in [3.05, 3.63) is 29.8 Å². The third-order valence-electron chi connectivity index (χ3n) is 2.70. The van der Waals surface area contributed by atoms with Gasteiger partial charge in [-0.3, -0.25) is 0 Å². The molecule has 102 valence electrons. The van der Waals surface area contributed by atoms with Gasteiger partial charge in [0, 0.05) is 6.61 Å². The summed E-state index contributed by atoms with van der Waals surface area (Å²) in [5.41, 5.74) is 0.899. The van der Waals surface area contributed by atoms with E-state index in [1.165, 1.54) is 0 Å². The van der Waals surface area contributed by atoms with E-state index >= 15 is 0 Å². The second kappa shape index (κ2) is 8.11. The minimum Gasteiger partial charge on any atom is -0.491 e. The first-order valence-electron chi connectivity index (χ1n) is 6.58. The van der Waals surface area contributed by atoms with Crippen LogP contribution in [0.25, 0.3) is 0 Å². The van der Waals surface area contributed by atoms with Crippen molar-refractivity contribution in [3.8, 4) is 5.75 Å². The van der Waals surface area contributed by atoms with Crippen LogP contribution in [0, 0.1) is 5.92 Å². The van der Waals surface area contributed by atoms with Crippen LogP contribution in [0.5, 0.6) is 5.75 Å². The van der Waals surface area contributed by atoms with Gasteiger partial charge in [0.2, 0.25) is 0 Å². The van der Waals surface area contributed by atoms with E-state index in [1.54, 1.807) is 6.92 Å². The van der Waals surface area contributed by atoms with Gasteiger partial charge in [-0.1, -0.05) is 26.0 Å². The van der Waals surface area contributed by atoms with Crippen molar-refractivity contribution >= 4 is 0 Å². The Morgan fingerprint density at radius 2 is 1.67 bits per heavy atom. The molecule has 1 rings (SSSR count). The van der Waals surface area contributed by atoms with Gasteiger partial charge in [0.15, 0.2) is 0 Å². The molecule has 0 aliphatic heterocycles. The maximum Gasteiger partial charge on any atom is 0.119 e. The van der Waals surface area contributed by atoms with Crippen molar-refractivity contribution in [2.24, 2.45) is 5.92 Å². The summed E-state index contributed by atoms with van der Waals surface area (Å²) in [6.07, 6.45) is 0.654. The van der Waals surface area contributed by atoms with E-state index in [-0.39, 0.29) is 0 Å². The lowest BCUT2D eigenvalue weighted by molar-refractivity contribution is 0.0925. The lowest BCUT2D eigenvalue weighted by atomic mass is 10.1. The Labute approximate surface area is 110 Å². The van der Waals surface area contributed by atoms with Crippen LogP contribution in [0.1, 0.15) is 38.9 Å². The lowest BCUT2D eigenvalue weighted by Gasteiger charge is -2.09. The highest BCUT2D eigenvalue weighted by Crippen LogP contribution is 2.17. The van der Waals surface area contributed by atoms with E-state index in [0.29, 0.717) is 19.1 Å². The van der Waals surface area contributed by atoms with Gasteiger partial charge in [-0.25, -0.2) is 0 Å². The normalized spacial score (nSPS) is 12.7. The van der Waals surface area contributed by atoms with Gasteiger partial charge in [0.25, 0.3) is 0 Å². The Bertz CT molecular complexity index is 317. The van der Waals surface area contributed by atoms with Crippen LogP contribution in [0.15, 0.2) is 24.3 Å². The van der Waals surface area contributed by atoms with Crippen LogP contribution >= 0.6 is 0 Å². The first-order valence-corrected chi connectivity index (χ1v) is 6.58. The zero-order valence-electron chi connectivity index (χ0n) is 11.6. The molecule has 0 radical (unpaired) electrons. The van der Waals surface area contributed by atoms with Crippen molar-refractivity contribution in [2.75, 3.05) is 19.8 Å². The third kappa shape index (κ3) is 6.03. The van der Waals surface area contributed by atoms with Crippen LogP contribution in [0.4, 0.5) is 0 Å². The van der Waals surface area contributed by atoms with E-state index in [2.05, 4.69) is 13.8 Å². The average molecular weight is 252 g/mol. The molecule has 0 saturated heterocycles. The van der Waals surface area contributed by atoms with E-state index in [1.807, 2.05) is 24.3 Å². The fourth-order valence-corrected chi connectivity index (χ4v) is 1.48. The highest BCUT2D eigenvalue weighted by Gasteiger charge is 2.00. The summed E-state index contributed by atoms with van der Waals surface area (Å²) in [5.74, 6) is 1.49. The Kier molecular flexibility index (Phi) is 6.76. The highest BCUT2D eigenvalue weighted by molar-refractivity contribution is 5.28. The van der Waals surface area contributed by atoms with E-state index in [9.17, 15) is 5.11 Å². The molecule has 0 aromatic heterocycles. The summed E-state index contributed by atoms with van der Waals surface area (Å²) >= 11 is 0. The molecule has 1 atom stereocenters. The van der Waals surface area contributed by atoms with Crippen molar-refractivity contribution in [2.45, 2.75) is 33.3 Å². The largest absolute Gasteiger partial charge is 0.491 e. The molecule has 0 amide bonds. The Balaban J connectivity index is 2.15. The summed E-state index contributed by atoms with van der Waals surface area (Å²) in [6.45, 7) is 8.09. The van der Waals surface area contributed by atoms with Crippen LogP contribution < -0.4 is 4.74 Å². The summed E-state index contributed by atoms with van der Waals surface area (Å²) in [4.78, 5) is 0. The molecule has 0 fully saturated rings. The van der Waals surface area contributed by atoms with Crippen molar-refractivity contribution in [1.82, 2.24) is 0 Å². The zero-order valence-corrected chi connectivity index (χ0v) is 11.6. The fraction of sp³-hybridized carbons (Fsp3) is 0.600. The van der Waals surface area contributed by atoms with E-state index in [4.69, 9.17) is 9.47 Å². The molecule has 3 nitrogen and oxygen atoms in total. The summed E-state index contributed by atoms with van der Waals surface area (Å²) in [6, 6.07) is 7.49. The number of hydrogen-bond donors (Lipinski definition) is 1. The zero-order chi connectivity index (χ0) is 13.4. The summed E-state index contributed by atoms with van der Waals surface area (Å²) in [7, 11) is 0. The molecular weight excluding hydrogens is 228 g/mol. The number of rotatable bonds is 8. The number of hydrogen-bond acceptors (Lipinski definition) is 3. The lowest BCUT2D eigenvalue weighted by Crippen LogP contribution is -2.08. The molecular formula is C15H24O3. The SMILES string of the molecule is CC(C)CCOCCOc1ccc([C@@H](C)O)cc1. The quantitative estimate of drug-likeness (QED) is 0.722. The second-order valence-electron chi connectivity index (χ2n) is 4.89. The molecule has 1 N–H and O–H groups in total. The van der Waals surface area contributed by atoms with Crippen molar-refractivity contribution < 1.29 is 14.6 Å². The summed E-state index contributed by atoms with van der Waals surface area (Å²) < 4.78 is 11.0. The Morgan fingerprint density at radius 3 is 2.22 bits per heavy atom. The molecule has 0 bridgehead atoms. The predicted molar refractivity (Wildman–Crippen MR) is 72.8 cm³/mol.